The summed E-state index contributed by atoms with van der Waals surface area (Å²) in [4.78, 5) is 191. The van der Waals surface area contributed by atoms with E-state index in [-0.39, 0.29) is 69.7 Å². The van der Waals surface area contributed by atoms with Gasteiger partial charge in [-0.05, 0) is 124 Å². The van der Waals surface area contributed by atoms with Gasteiger partial charge in [0.25, 0.3) is 0 Å². The van der Waals surface area contributed by atoms with Gasteiger partial charge in [-0.1, -0.05) is 76.7 Å². The highest BCUT2D eigenvalue weighted by Crippen LogP contribution is 2.40. The molecule has 2 bridgehead atoms. The van der Waals surface area contributed by atoms with E-state index in [1.165, 1.54) is 64.0 Å². The van der Waals surface area contributed by atoms with Crippen molar-refractivity contribution in [3.63, 3.8) is 0 Å². The van der Waals surface area contributed by atoms with Crippen molar-refractivity contribution in [1.29, 1.82) is 0 Å². The molecule has 12 amide bonds. The molecule has 8 rings (SSSR count). The first-order valence-electron chi connectivity index (χ1n) is 37.5. The quantitative estimate of drug-likeness (QED) is 0.156. The monoisotopic (exact) mass is 1540 g/mol. The maximum Gasteiger partial charge on any atom is 0.422 e. The van der Waals surface area contributed by atoms with Crippen molar-refractivity contribution in [2.45, 2.75) is 215 Å². The van der Waals surface area contributed by atoms with Crippen LogP contribution < -0.4 is 16.0 Å². The smallest absolute Gasteiger partial charge is 0.377 e. The van der Waals surface area contributed by atoms with Gasteiger partial charge in [0.2, 0.25) is 70.9 Å². The summed E-state index contributed by atoms with van der Waals surface area (Å²) in [6.45, 7) is 2.97. The minimum Gasteiger partial charge on any atom is -0.377 e. The Morgan fingerprint density at radius 1 is 0.661 bits per heavy atom. The lowest BCUT2D eigenvalue weighted by molar-refractivity contribution is -0.158. The zero-order valence-corrected chi connectivity index (χ0v) is 63.9. The van der Waals surface area contributed by atoms with Crippen LogP contribution in [0.3, 0.4) is 0 Å². The number of carbonyl (C=O) groups is 12. The first-order valence-corrected chi connectivity index (χ1v) is 37.5. The number of carbonyl (C=O) groups excluding carboxylic acids is 12. The van der Waals surface area contributed by atoms with Crippen molar-refractivity contribution >= 4 is 70.9 Å². The Balaban J connectivity index is 1.22. The van der Waals surface area contributed by atoms with E-state index in [9.17, 15) is 45.5 Å². The average Bonchev–Trinajstić information content (AvgIpc) is 1.75. The molecule has 33 heteroatoms. The van der Waals surface area contributed by atoms with E-state index < -0.39 is 222 Å². The molecule has 3 saturated carbocycles. The summed E-state index contributed by atoms with van der Waals surface area (Å²) < 4.78 is 120. The second-order valence-corrected chi connectivity index (χ2v) is 30.4. The average molecular weight is 1550 g/mol. The van der Waals surface area contributed by atoms with Gasteiger partial charge in [0, 0.05) is 88.9 Å². The first-order chi connectivity index (χ1) is 51.2. The highest BCUT2D eigenvalue weighted by Gasteiger charge is 2.54. The van der Waals surface area contributed by atoms with Crippen molar-refractivity contribution in [2.24, 2.45) is 17.8 Å². The number of nitrogens with zero attached hydrogens (tertiary/aromatic N) is 9. The molecule has 25 nitrogen and oxygen atoms in total. The van der Waals surface area contributed by atoms with Gasteiger partial charge in [0.05, 0.1) is 31.2 Å². The number of likely N-dealkylation sites (N-methyl/N-ethyl adjacent to an activating group) is 7. The molecule has 602 valence electrons. The van der Waals surface area contributed by atoms with Crippen molar-refractivity contribution in [1.82, 2.24) is 60.0 Å². The van der Waals surface area contributed by atoms with Gasteiger partial charge < -0.3 is 64.8 Å². The third-order valence-corrected chi connectivity index (χ3v) is 22.8. The first kappa shape index (κ1) is 85.8. The number of fused-ring (bicyclic) bond motifs is 3. The highest BCUT2D eigenvalue weighted by molar-refractivity contribution is 6.01. The van der Waals surface area contributed by atoms with E-state index in [1.807, 2.05) is 0 Å². The predicted molar refractivity (Wildman–Crippen MR) is 381 cm³/mol. The van der Waals surface area contributed by atoms with Gasteiger partial charge in [-0.25, -0.2) is 8.78 Å². The largest absolute Gasteiger partial charge is 0.422 e. The van der Waals surface area contributed by atoms with Gasteiger partial charge in [-0.3, -0.25) is 57.5 Å². The van der Waals surface area contributed by atoms with Gasteiger partial charge >= 0.3 is 12.4 Å². The summed E-state index contributed by atoms with van der Waals surface area (Å²) in [5, 5.41) is 8.32. The van der Waals surface area contributed by atoms with Crippen LogP contribution in [-0.4, -0.2) is 264 Å². The van der Waals surface area contributed by atoms with E-state index in [1.54, 1.807) is 32.9 Å². The molecule has 0 unspecified atom stereocenters. The molecular weight excluding hydrogens is 1440 g/mol. The lowest BCUT2D eigenvalue weighted by atomic mass is 9.74. The van der Waals surface area contributed by atoms with Crippen LogP contribution in [0, 0.1) is 29.4 Å². The van der Waals surface area contributed by atoms with Crippen LogP contribution >= 0.6 is 0 Å². The van der Waals surface area contributed by atoms with Crippen molar-refractivity contribution in [3.05, 3.63) is 82.4 Å². The topological polar surface area (TPSA) is 279 Å². The molecular formula is C76H104F8N12O13. The molecule has 2 aromatic carbocycles. The number of ether oxygens (including phenoxy) is 1. The fourth-order valence-corrected chi connectivity index (χ4v) is 15.6. The highest BCUT2D eigenvalue weighted by atomic mass is 19.4. The number of amides is 12. The van der Waals surface area contributed by atoms with Gasteiger partial charge in [0.1, 0.15) is 71.1 Å². The van der Waals surface area contributed by atoms with Gasteiger partial charge in [-0.15, -0.1) is 0 Å². The molecule has 2 saturated heterocycles. The Morgan fingerprint density at radius 3 is 1.85 bits per heavy atom. The molecule has 3 heterocycles. The van der Waals surface area contributed by atoms with Crippen LogP contribution in [0.25, 0.3) is 0 Å². The number of nitrogens with one attached hydrogen (secondary N) is 3. The number of rotatable bonds is 13. The summed E-state index contributed by atoms with van der Waals surface area (Å²) in [5.74, 6) is -15.0. The summed E-state index contributed by atoms with van der Waals surface area (Å²) in [7, 11) is 10.8. The van der Waals surface area contributed by atoms with Crippen LogP contribution in [-0.2, 0) is 87.5 Å². The summed E-state index contributed by atoms with van der Waals surface area (Å²) >= 11 is 0. The van der Waals surface area contributed by atoms with Crippen LogP contribution in [0.15, 0.2) is 48.6 Å². The zero-order chi connectivity index (χ0) is 80.5. The number of alkyl halides is 6. The number of hydrogen-bond donors (Lipinski definition) is 3. The van der Waals surface area contributed by atoms with E-state index in [4.69, 9.17) is 4.74 Å². The summed E-state index contributed by atoms with van der Waals surface area (Å²) in [6.07, 6.45) is -4.94. The Kier molecular flexibility index (Phi) is 28.6. The SMILES string of the molecule is CCO[C@@H]1C[C@H]2C(=O)NC3(CCC3)C(=O)N(C)[C@@H](C3CCCC3)C(=O)N(C)[C@H](C(=O)N(C)C)CC(=O)N(C)[C@@H](CC3CCC3)C(=O)N[C@@H]([C@@H](C)CC)C(=O)N(C)CC(=O)N(C)[C@H]3C/C=C\CCN(C3=O)[C@@H](Cc3ccc(C(F)(F)F)cc3)C(=O)N(C)CC(=O)N[C@@H](CCc3cc(F)c(C(F)(F)F)c(F)c3)C(=O)N2C1. The Hall–Kier alpha value is -8.78. The molecule has 0 radical (unpaired) electrons. The molecule has 10 atom stereocenters. The minimum atomic E-state index is -5.46. The van der Waals surface area contributed by atoms with E-state index >= 15 is 47.1 Å². The van der Waals surface area contributed by atoms with Crippen LogP contribution in [0.4, 0.5) is 35.1 Å². The second-order valence-electron chi connectivity index (χ2n) is 30.4. The van der Waals surface area contributed by atoms with Gasteiger partial charge in [-0.2, -0.15) is 26.3 Å². The molecule has 6 aliphatic rings. The molecule has 5 fully saturated rings. The van der Waals surface area contributed by atoms with Crippen molar-refractivity contribution in [3.8, 4) is 0 Å². The molecule has 3 aliphatic heterocycles. The van der Waals surface area contributed by atoms with Gasteiger partial charge in [0.15, 0.2) is 0 Å². The lowest BCUT2D eigenvalue weighted by Gasteiger charge is -2.46. The third kappa shape index (κ3) is 20.2. The second kappa shape index (κ2) is 36.4. The molecule has 1 spiro atoms. The number of halogens is 8. The van der Waals surface area contributed by atoms with Crippen LogP contribution in [0.1, 0.15) is 152 Å². The van der Waals surface area contributed by atoms with Crippen LogP contribution in [0.2, 0.25) is 0 Å². The normalized spacial score (nSPS) is 26.7. The number of benzene rings is 2. The van der Waals surface area contributed by atoms with E-state index in [0.717, 1.165) is 80.0 Å². The maximum atomic E-state index is 15.5. The predicted octanol–water partition coefficient (Wildman–Crippen LogP) is 5.88. The Bertz CT molecular complexity index is 3690. The molecule has 3 aliphatic carbocycles. The minimum absolute atomic E-state index is 0.0244. The van der Waals surface area contributed by atoms with Crippen molar-refractivity contribution in [2.75, 3.05) is 89.2 Å². The lowest BCUT2D eigenvalue weighted by Crippen LogP contribution is -2.68. The van der Waals surface area contributed by atoms with Crippen molar-refractivity contribution < 1.29 is 97.4 Å². The fourth-order valence-electron chi connectivity index (χ4n) is 15.6. The summed E-state index contributed by atoms with van der Waals surface area (Å²) in [6, 6.07) is -7.19. The number of aryl methyl sites for hydroxylation is 1. The number of hydrogen-bond acceptors (Lipinski definition) is 13. The molecule has 2 aromatic rings. The standard InChI is InChI=1S/C76H104F8N12O13/c1-12-44(3)63-71(106)90(7)43-61(99)91(8)54-25-15-14-18-34-95(70(54)105)58(38-46-26-29-49(30-27-46)75(79,80)81)69(104)89(6)42-59(97)85-53(31-28-47-35-51(77)62(52(78)36-47)76(82,83)84)67(102)96-41-50(109-13-2)39-56(96)66(101)87-74(32-20-33-74)73(108)94(11)64(48-23-16-17-24-48)72(107)93(10)57(68(103)88(4)5)40-60(98)92(9)55(65(100)86-63)37-45-21-19-22-45/h14-15,26-27,29-30,35-36,44-45,48,50,53-58,63-64H,12-13,16-25,28,31-34,37-43H2,1-11H3,(H,85,97)(H,86,100)(H,87,101)/b15-14-/t44-,50+,53-,54-,55-,56-,57-,58-,63-,64-/m0/s1. The molecule has 0 aromatic heterocycles. The fraction of sp³-hybridized carbons (Fsp3) is 0.658. The van der Waals surface area contributed by atoms with E-state index in [0.29, 0.717) is 50.7 Å². The van der Waals surface area contributed by atoms with E-state index in [2.05, 4.69) is 16.0 Å². The molecule has 3 N–H and O–H groups in total. The third-order valence-electron chi connectivity index (χ3n) is 22.8. The zero-order valence-electron chi connectivity index (χ0n) is 63.9. The maximum absolute atomic E-state index is 15.5. The van der Waals surface area contributed by atoms with Crippen LogP contribution in [0.5, 0.6) is 0 Å². The Morgan fingerprint density at radius 2 is 1.29 bits per heavy atom. The summed E-state index contributed by atoms with van der Waals surface area (Å²) in [5.41, 5.74) is -5.24. The molecule has 109 heavy (non-hydrogen) atoms. The Labute approximate surface area is 630 Å².